The minimum Gasteiger partial charge on any atom is -0.468 e. The van der Waals surface area contributed by atoms with Crippen LogP contribution in [0.2, 0.25) is 0 Å². The molecule has 98 valence electrons. The topological polar surface area (TPSA) is 64.8 Å². The number of rotatable bonds is 6. The Labute approximate surface area is 106 Å². The standard InChI is InChI=1S/C12H16N2O4/c1-13(2)7-6-10-8-11(18-9-17-3)4-5-12(10)14(15)16/h4-8H,9H2,1-3H3/b7-6+. The highest BCUT2D eigenvalue weighted by atomic mass is 16.7. The van der Waals surface area contributed by atoms with Gasteiger partial charge in [-0.05, 0) is 24.4 Å². The second-order valence-electron chi connectivity index (χ2n) is 3.81. The molecule has 6 heteroatoms. The summed E-state index contributed by atoms with van der Waals surface area (Å²) in [6.07, 6.45) is 3.40. The van der Waals surface area contributed by atoms with E-state index in [0.29, 0.717) is 11.3 Å². The fraction of sp³-hybridized carbons (Fsp3) is 0.333. The first-order chi connectivity index (χ1) is 8.54. The van der Waals surface area contributed by atoms with Crippen molar-refractivity contribution in [1.29, 1.82) is 0 Å². The maximum absolute atomic E-state index is 10.9. The highest BCUT2D eigenvalue weighted by Crippen LogP contribution is 2.25. The lowest BCUT2D eigenvalue weighted by atomic mass is 10.1. The summed E-state index contributed by atoms with van der Waals surface area (Å²) in [7, 11) is 5.19. The molecule has 0 radical (unpaired) electrons. The Kier molecular flexibility index (Phi) is 5.13. The van der Waals surface area contributed by atoms with Gasteiger partial charge in [0.05, 0.1) is 10.5 Å². The van der Waals surface area contributed by atoms with Gasteiger partial charge in [0.15, 0.2) is 6.79 Å². The van der Waals surface area contributed by atoms with Crippen molar-refractivity contribution < 1.29 is 14.4 Å². The van der Waals surface area contributed by atoms with Crippen LogP contribution in [0.25, 0.3) is 6.08 Å². The molecule has 1 aromatic rings. The molecule has 0 aromatic heterocycles. The first-order valence-electron chi connectivity index (χ1n) is 5.29. The minimum absolute atomic E-state index is 0.0397. The van der Waals surface area contributed by atoms with Crippen LogP contribution in [0.4, 0.5) is 5.69 Å². The van der Waals surface area contributed by atoms with Gasteiger partial charge >= 0.3 is 0 Å². The molecule has 18 heavy (non-hydrogen) atoms. The average molecular weight is 252 g/mol. The zero-order valence-corrected chi connectivity index (χ0v) is 10.6. The molecule has 0 atom stereocenters. The van der Waals surface area contributed by atoms with E-state index >= 15 is 0 Å². The first-order valence-corrected chi connectivity index (χ1v) is 5.29. The van der Waals surface area contributed by atoms with Gasteiger partial charge in [-0.15, -0.1) is 0 Å². The molecule has 0 saturated carbocycles. The van der Waals surface area contributed by atoms with E-state index < -0.39 is 4.92 Å². The van der Waals surface area contributed by atoms with Gasteiger partial charge < -0.3 is 14.4 Å². The molecule has 0 saturated heterocycles. The minimum atomic E-state index is -0.421. The Morgan fingerprint density at radius 1 is 1.44 bits per heavy atom. The molecule has 0 N–H and O–H groups in total. The monoisotopic (exact) mass is 252 g/mol. The number of nitro groups is 1. The number of nitro benzene ring substituents is 1. The van der Waals surface area contributed by atoms with E-state index in [1.54, 1.807) is 29.3 Å². The van der Waals surface area contributed by atoms with Crippen LogP contribution in [-0.4, -0.2) is 37.8 Å². The van der Waals surface area contributed by atoms with E-state index in [-0.39, 0.29) is 12.5 Å². The van der Waals surface area contributed by atoms with Crippen molar-refractivity contribution in [3.8, 4) is 5.75 Å². The largest absolute Gasteiger partial charge is 0.468 e. The summed E-state index contributed by atoms with van der Waals surface area (Å²) in [6.45, 7) is 0.106. The Morgan fingerprint density at radius 3 is 2.72 bits per heavy atom. The number of hydrogen-bond donors (Lipinski definition) is 0. The zero-order valence-electron chi connectivity index (χ0n) is 10.6. The molecule has 0 heterocycles. The van der Waals surface area contributed by atoms with Crippen LogP contribution >= 0.6 is 0 Å². The molecule has 0 amide bonds. The third-order valence-electron chi connectivity index (χ3n) is 2.09. The van der Waals surface area contributed by atoms with Crippen LogP contribution in [-0.2, 0) is 4.74 Å². The van der Waals surface area contributed by atoms with Gasteiger partial charge in [0, 0.05) is 27.3 Å². The van der Waals surface area contributed by atoms with Gasteiger partial charge in [0.2, 0.25) is 0 Å². The van der Waals surface area contributed by atoms with Gasteiger partial charge in [-0.3, -0.25) is 10.1 Å². The van der Waals surface area contributed by atoms with Gasteiger partial charge in [0.25, 0.3) is 5.69 Å². The molecular formula is C12H16N2O4. The lowest BCUT2D eigenvalue weighted by Gasteiger charge is -2.07. The lowest BCUT2D eigenvalue weighted by Crippen LogP contribution is -2.01. The molecule has 0 aliphatic carbocycles. The van der Waals surface area contributed by atoms with E-state index in [1.165, 1.54) is 13.2 Å². The summed E-state index contributed by atoms with van der Waals surface area (Å²) in [6, 6.07) is 4.57. The number of ether oxygens (including phenoxy) is 2. The molecule has 0 aliphatic heterocycles. The van der Waals surface area contributed by atoms with Crippen molar-refractivity contribution in [2.24, 2.45) is 0 Å². The van der Waals surface area contributed by atoms with Gasteiger partial charge in [-0.25, -0.2) is 0 Å². The second kappa shape index (κ2) is 6.61. The van der Waals surface area contributed by atoms with Crippen LogP contribution in [0.1, 0.15) is 5.56 Å². The second-order valence-corrected chi connectivity index (χ2v) is 3.81. The quantitative estimate of drug-likeness (QED) is 0.440. The van der Waals surface area contributed by atoms with Crippen molar-refractivity contribution in [3.05, 3.63) is 40.1 Å². The van der Waals surface area contributed by atoms with Crippen molar-refractivity contribution in [2.45, 2.75) is 0 Å². The van der Waals surface area contributed by atoms with Crippen molar-refractivity contribution in [1.82, 2.24) is 4.90 Å². The Morgan fingerprint density at radius 2 is 2.17 bits per heavy atom. The van der Waals surface area contributed by atoms with E-state index in [4.69, 9.17) is 9.47 Å². The van der Waals surface area contributed by atoms with Gasteiger partial charge in [-0.2, -0.15) is 0 Å². The number of nitrogens with zero attached hydrogens (tertiary/aromatic N) is 2. The third kappa shape index (κ3) is 4.06. The van der Waals surface area contributed by atoms with E-state index in [2.05, 4.69) is 0 Å². The van der Waals surface area contributed by atoms with E-state index in [9.17, 15) is 10.1 Å². The summed E-state index contributed by atoms with van der Waals surface area (Å²) in [4.78, 5) is 12.3. The summed E-state index contributed by atoms with van der Waals surface area (Å²) < 4.78 is 10.0. The molecule has 0 fully saturated rings. The zero-order chi connectivity index (χ0) is 13.5. The summed E-state index contributed by atoms with van der Waals surface area (Å²) in [5, 5.41) is 10.9. The summed E-state index contributed by atoms with van der Waals surface area (Å²) in [5.41, 5.74) is 0.528. The summed E-state index contributed by atoms with van der Waals surface area (Å²) in [5.74, 6) is 0.529. The molecule has 0 bridgehead atoms. The van der Waals surface area contributed by atoms with Crippen LogP contribution < -0.4 is 4.74 Å². The van der Waals surface area contributed by atoms with Crippen molar-refractivity contribution >= 4 is 11.8 Å². The number of hydrogen-bond acceptors (Lipinski definition) is 5. The molecule has 1 aromatic carbocycles. The number of methoxy groups -OCH3 is 1. The van der Waals surface area contributed by atoms with Crippen LogP contribution in [0.5, 0.6) is 5.75 Å². The molecule has 0 aliphatic rings. The average Bonchev–Trinajstić information content (AvgIpc) is 2.33. The predicted molar refractivity (Wildman–Crippen MR) is 68.3 cm³/mol. The van der Waals surface area contributed by atoms with Crippen LogP contribution in [0.15, 0.2) is 24.4 Å². The molecule has 1 rings (SSSR count). The van der Waals surface area contributed by atoms with E-state index in [0.717, 1.165) is 0 Å². The SMILES string of the molecule is COCOc1ccc([N+](=O)[O-])c(/C=C/N(C)C)c1. The lowest BCUT2D eigenvalue weighted by molar-refractivity contribution is -0.385. The fourth-order valence-electron chi connectivity index (χ4n) is 1.28. The fourth-order valence-corrected chi connectivity index (χ4v) is 1.28. The maximum Gasteiger partial charge on any atom is 0.276 e. The van der Waals surface area contributed by atoms with Crippen LogP contribution in [0.3, 0.4) is 0 Å². The first kappa shape index (κ1) is 14.0. The predicted octanol–water partition coefficient (Wildman–Crippen LogP) is 2.11. The highest BCUT2D eigenvalue weighted by molar-refractivity contribution is 5.62. The maximum atomic E-state index is 10.9. The smallest absolute Gasteiger partial charge is 0.276 e. The molecular weight excluding hydrogens is 236 g/mol. The Hall–Kier alpha value is -2.08. The van der Waals surface area contributed by atoms with Gasteiger partial charge in [0.1, 0.15) is 5.75 Å². The molecule has 0 unspecified atom stereocenters. The normalized spacial score (nSPS) is 10.6. The Bertz CT molecular complexity index is 444. The van der Waals surface area contributed by atoms with Crippen molar-refractivity contribution in [2.75, 3.05) is 28.0 Å². The summed E-state index contributed by atoms with van der Waals surface area (Å²) >= 11 is 0. The molecule has 0 spiro atoms. The highest BCUT2D eigenvalue weighted by Gasteiger charge is 2.12. The third-order valence-corrected chi connectivity index (χ3v) is 2.09. The van der Waals surface area contributed by atoms with E-state index in [1.807, 2.05) is 14.1 Å². The molecule has 6 nitrogen and oxygen atoms in total. The number of benzene rings is 1. The Balaban J connectivity index is 3.03. The van der Waals surface area contributed by atoms with Crippen molar-refractivity contribution in [3.63, 3.8) is 0 Å². The van der Waals surface area contributed by atoms with Crippen LogP contribution in [0, 0.1) is 10.1 Å². The van der Waals surface area contributed by atoms with Gasteiger partial charge in [-0.1, -0.05) is 0 Å².